The minimum Gasteiger partial charge on any atom is -0.457 e. The molecule has 1 heterocycles. The minimum atomic E-state index is -0.807. The SMILES string of the molecule is OC(c1ccc(F)cc1)c1ccoc1Br. The molecule has 1 atom stereocenters. The van der Waals surface area contributed by atoms with Crippen LogP contribution < -0.4 is 0 Å². The fourth-order valence-electron chi connectivity index (χ4n) is 1.32. The number of hydrogen-bond acceptors (Lipinski definition) is 2. The van der Waals surface area contributed by atoms with Gasteiger partial charge in [0, 0.05) is 5.56 Å². The number of halogens is 2. The molecule has 0 aliphatic rings. The standard InChI is InChI=1S/C11H8BrFO2/c12-11-9(5-6-15-11)10(14)7-1-3-8(13)4-2-7/h1-6,10,14H. The number of furan rings is 1. The second-order valence-corrected chi connectivity index (χ2v) is 3.82. The summed E-state index contributed by atoms with van der Waals surface area (Å²) in [6.45, 7) is 0. The highest BCUT2D eigenvalue weighted by Crippen LogP contribution is 2.29. The predicted octanol–water partition coefficient (Wildman–Crippen LogP) is 3.26. The molecule has 1 N–H and O–H groups in total. The van der Waals surface area contributed by atoms with Crippen molar-refractivity contribution in [2.45, 2.75) is 6.10 Å². The van der Waals surface area contributed by atoms with Crippen LogP contribution in [-0.2, 0) is 0 Å². The Morgan fingerprint density at radius 1 is 1.20 bits per heavy atom. The van der Waals surface area contributed by atoms with Crippen LogP contribution >= 0.6 is 15.9 Å². The van der Waals surface area contributed by atoms with Gasteiger partial charge in [0.2, 0.25) is 0 Å². The van der Waals surface area contributed by atoms with Crippen molar-refractivity contribution in [1.29, 1.82) is 0 Å². The van der Waals surface area contributed by atoms with E-state index in [1.165, 1.54) is 18.4 Å². The van der Waals surface area contributed by atoms with Gasteiger partial charge in [-0.1, -0.05) is 12.1 Å². The lowest BCUT2D eigenvalue weighted by Gasteiger charge is -2.08. The molecule has 1 aromatic carbocycles. The molecular formula is C11H8BrFO2. The summed E-state index contributed by atoms with van der Waals surface area (Å²) in [5.41, 5.74) is 1.25. The number of benzene rings is 1. The zero-order valence-corrected chi connectivity index (χ0v) is 9.24. The molecule has 0 radical (unpaired) electrons. The van der Waals surface area contributed by atoms with Crippen LogP contribution in [-0.4, -0.2) is 5.11 Å². The Kier molecular flexibility index (Phi) is 2.88. The Morgan fingerprint density at radius 3 is 2.40 bits per heavy atom. The highest BCUT2D eigenvalue weighted by molar-refractivity contribution is 9.10. The first-order valence-electron chi connectivity index (χ1n) is 4.35. The molecule has 1 aromatic heterocycles. The van der Waals surface area contributed by atoms with Crippen LogP contribution in [0.3, 0.4) is 0 Å². The van der Waals surface area contributed by atoms with Crippen LogP contribution in [0.5, 0.6) is 0 Å². The normalized spacial score (nSPS) is 12.7. The maximum absolute atomic E-state index is 12.7. The molecule has 2 aromatic rings. The van der Waals surface area contributed by atoms with Gasteiger partial charge in [-0.25, -0.2) is 4.39 Å². The smallest absolute Gasteiger partial charge is 0.175 e. The molecule has 2 nitrogen and oxygen atoms in total. The van der Waals surface area contributed by atoms with Crippen molar-refractivity contribution in [1.82, 2.24) is 0 Å². The average Bonchev–Trinajstić information content (AvgIpc) is 2.65. The summed E-state index contributed by atoms with van der Waals surface area (Å²) in [5.74, 6) is -0.322. The van der Waals surface area contributed by atoms with Gasteiger partial charge in [-0.15, -0.1) is 0 Å². The Bertz CT molecular complexity index is 450. The van der Waals surface area contributed by atoms with Crippen LogP contribution in [0.25, 0.3) is 0 Å². The highest BCUT2D eigenvalue weighted by Gasteiger charge is 2.15. The first-order valence-corrected chi connectivity index (χ1v) is 5.14. The minimum absolute atomic E-state index is 0.322. The number of rotatable bonds is 2. The van der Waals surface area contributed by atoms with Gasteiger partial charge in [0.05, 0.1) is 6.26 Å². The van der Waals surface area contributed by atoms with Crippen LogP contribution in [0.15, 0.2) is 45.7 Å². The van der Waals surface area contributed by atoms with Gasteiger partial charge < -0.3 is 9.52 Å². The van der Waals surface area contributed by atoms with Gasteiger partial charge in [0.1, 0.15) is 11.9 Å². The summed E-state index contributed by atoms with van der Waals surface area (Å²) in [7, 11) is 0. The Balaban J connectivity index is 2.32. The second-order valence-electron chi connectivity index (χ2n) is 3.10. The molecule has 0 fully saturated rings. The zero-order valence-electron chi connectivity index (χ0n) is 7.65. The summed E-state index contributed by atoms with van der Waals surface area (Å²) in [4.78, 5) is 0. The van der Waals surface area contributed by atoms with Crippen LogP contribution in [0.4, 0.5) is 4.39 Å². The van der Waals surface area contributed by atoms with E-state index in [0.717, 1.165) is 0 Å². The van der Waals surface area contributed by atoms with Gasteiger partial charge >= 0.3 is 0 Å². The topological polar surface area (TPSA) is 33.4 Å². The van der Waals surface area contributed by atoms with E-state index in [0.29, 0.717) is 15.8 Å². The van der Waals surface area contributed by atoms with E-state index in [1.54, 1.807) is 18.2 Å². The van der Waals surface area contributed by atoms with E-state index in [1.807, 2.05) is 0 Å². The third kappa shape index (κ3) is 2.11. The van der Waals surface area contributed by atoms with E-state index in [-0.39, 0.29) is 5.82 Å². The summed E-state index contributed by atoms with van der Waals surface area (Å²) in [5, 5.41) is 9.94. The fourth-order valence-corrected chi connectivity index (χ4v) is 1.78. The van der Waals surface area contributed by atoms with Crippen molar-refractivity contribution < 1.29 is 13.9 Å². The average molecular weight is 271 g/mol. The summed E-state index contributed by atoms with van der Waals surface area (Å²) in [6, 6.07) is 7.37. The van der Waals surface area contributed by atoms with Gasteiger partial charge in [0.15, 0.2) is 4.67 Å². The lowest BCUT2D eigenvalue weighted by atomic mass is 10.0. The van der Waals surface area contributed by atoms with E-state index >= 15 is 0 Å². The van der Waals surface area contributed by atoms with Crippen LogP contribution in [0.1, 0.15) is 17.2 Å². The number of aliphatic hydroxyl groups is 1. The lowest BCUT2D eigenvalue weighted by molar-refractivity contribution is 0.218. The molecule has 0 spiro atoms. The van der Waals surface area contributed by atoms with E-state index in [4.69, 9.17) is 4.42 Å². The highest BCUT2D eigenvalue weighted by atomic mass is 79.9. The van der Waals surface area contributed by atoms with E-state index < -0.39 is 6.10 Å². The van der Waals surface area contributed by atoms with Crippen molar-refractivity contribution in [3.05, 3.63) is 58.2 Å². The quantitative estimate of drug-likeness (QED) is 0.909. The maximum atomic E-state index is 12.7. The molecule has 0 amide bonds. The molecule has 0 aliphatic heterocycles. The number of aliphatic hydroxyl groups excluding tert-OH is 1. The van der Waals surface area contributed by atoms with E-state index in [2.05, 4.69) is 15.9 Å². The zero-order chi connectivity index (χ0) is 10.8. The van der Waals surface area contributed by atoms with Crippen LogP contribution in [0, 0.1) is 5.82 Å². The third-order valence-corrected chi connectivity index (χ3v) is 2.77. The second kappa shape index (κ2) is 4.16. The third-order valence-electron chi connectivity index (χ3n) is 2.13. The van der Waals surface area contributed by atoms with Crippen molar-refractivity contribution in [3.8, 4) is 0 Å². The molecule has 2 rings (SSSR count). The molecule has 0 saturated heterocycles. The molecular weight excluding hydrogens is 263 g/mol. The molecule has 1 unspecified atom stereocenters. The monoisotopic (exact) mass is 270 g/mol. The molecule has 15 heavy (non-hydrogen) atoms. The molecule has 78 valence electrons. The first kappa shape index (κ1) is 10.4. The van der Waals surface area contributed by atoms with Crippen molar-refractivity contribution in [3.63, 3.8) is 0 Å². The largest absolute Gasteiger partial charge is 0.457 e. The Hall–Kier alpha value is -1.13. The first-order chi connectivity index (χ1) is 7.18. The van der Waals surface area contributed by atoms with Gasteiger partial charge in [-0.3, -0.25) is 0 Å². The van der Waals surface area contributed by atoms with E-state index in [9.17, 15) is 9.50 Å². The summed E-state index contributed by atoms with van der Waals surface area (Å²) >= 11 is 3.18. The molecule has 0 aliphatic carbocycles. The Morgan fingerprint density at radius 2 is 1.87 bits per heavy atom. The van der Waals surface area contributed by atoms with Gasteiger partial charge in [-0.05, 0) is 39.7 Å². The lowest BCUT2D eigenvalue weighted by Crippen LogP contribution is -1.98. The Labute approximate surface area is 94.5 Å². The summed E-state index contributed by atoms with van der Waals surface area (Å²) < 4.78 is 18.2. The maximum Gasteiger partial charge on any atom is 0.175 e. The van der Waals surface area contributed by atoms with Gasteiger partial charge in [0.25, 0.3) is 0 Å². The van der Waals surface area contributed by atoms with Crippen molar-refractivity contribution in [2.24, 2.45) is 0 Å². The molecule has 0 saturated carbocycles. The van der Waals surface area contributed by atoms with Crippen LogP contribution in [0.2, 0.25) is 0 Å². The van der Waals surface area contributed by atoms with Crippen molar-refractivity contribution in [2.75, 3.05) is 0 Å². The molecule has 4 heteroatoms. The fraction of sp³-hybridized carbons (Fsp3) is 0.0909. The summed E-state index contributed by atoms with van der Waals surface area (Å²) in [6.07, 6.45) is 0.672. The predicted molar refractivity (Wildman–Crippen MR) is 56.9 cm³/mol. The molecule has 0 bridgehead atoms. The van der Waals surface area contributed by atoms with Crippen molar-refractivity contribution >= 4 is 15.9 Å². The number of hydrogen-bond donors (Lipinski definition) is 1. The van der Waals surface area contributed by atoms with Gasteiger partial charge in [-0.2, -0.15) is 0 Å².